The van der Waals surface area contributed by atoms with Gasteiger partial charge in [-0.2, -0.15) is 0 Å². The first-order valence-corrected chi connectivity index (χ1v) is 31.7. The van der Waals surface area contributed by atoms with E-state index in [1.54, 1.807) is 0 Å². The molecule has 19 aromatic rings. The minimum Gasteiger partial charge on any atom is -0.310 e. The van der Waals surface area contributed by atoms with E-state index in [0.29, 0.717) is 0 Å². The van der Waals surface area contributed by atoms with E-state index in [9.17, 15) is 0 Å². The van der Waals surface area contributed by atoms with Gasteiger partial charge in [-0.1, -0.05) is 218 Å². The van der Waals surface area contributed by atoms with Crippen molar-refractivity contribution in [3.8, 4) is 50.4 Å². The lowest BCUT2D eigenvalue weighted by molar-refractivity contribution is 1.16. The molecule has 0 aliphatic rings. The Morgan fingerprint density at radius 1 is 0.185 bits per heavy atom. The Balaban J connectivity index is 0.760. The van der Waals surface area contributed by atoms with Crippen LogP contribution < -0.4 is 4.90 Å². The third-order valence-corrected chi connectivity index (χ3v) is 19.4. The van der Waals surface area contributed by atoms with E-state index in [0.717, 1.165) is 56.3 Å². The van der Waals surface area contributed by atoms with Gasteiger partial charge in [-0.25, -0.2) is 0 Å². The maximum Gasteiger partial charge on any atom is 0.0547 e. The zero-order chi connectivity index (χ0) is 60.4. The third-order valence-electron chi connectivity index (χ3n) is 19.4. The summed E-state index contributed by atoms with van der Waals surface area (Å²) in [5.74, 6) is 0. The van der Waals surface area contributed by atoms with E-state index < -0.39 is 0 Å². The summed E-state index contributed by atoms with van der Waals surface area (Å²) in [5, 5.41) is 17.3. The summed E-state index contributed by atoms with van der Waals surface area (Å²) in [5.41, 5.74) is 20.8. The van der Waals surface area contributed by atoms with Gasteiger partial charge in [0.2, 0.25) is 0 Å². The Morgan fingerprint density at radius 3 is 1.03 bits per heavy atom. The average molecular weight is 1170 g/mol. The van der Waals surface area contributed by atoms with Crippen molar-refractivity contribution in [1.82, 2.24) is 13.7 Å². The van der Waals surface area contributed by atoms with Crippen LogP contribution in [0.1, 0.15) is 0 Å². The molecule has 92 heavy (non-hydrogen) atoms. The van der Waals surface area contributed by atoms with Gasteiger partial charge in [0.25, 0.3) is 0 Å². The average Bonchev–Trinajstić information content (AvgIpc) is 1.10. The van der Waals surface area contributed by atoms with Crippen molar-refractivity contribution in [2.45, 2.75) is 0 Å². The number of hydrogen-bond donors (Lipinski definition) is 0. The summed E-state index contributed by atoms with van der Waals surface area (Å²) in [4.78, 5) is 2.39. The number of fused-ring (bicyclic) bond motifs is 13. The van der Waals surface area contributed by atoms with Crippen molar-refractivity contribution < 1.29 is 0 Å². The van der Waals surface area contributed by atoms with Crippen LogP contribution in [0, 0.1) is 0 Å². The van der Waals surface area contributed by atoms with Gasteiger partial charge in [0.05, 0.1) is 33.1 Å². The number of aromatic nitrogens is 3. The van der Waals surface area contributed by atoms with E-state index in [1.165, 1.54) is 120 Å². The summed E-state index contributed by atoms with van der Waals surface area (Å²) < 4.78 is 7.23. The van der Waals surface area contributed by atoms with Crippen LogP contribution in [0.2, 0.25) is 0 Å². The molecule has 4 heteroatoms. The lowest BCUT2D eigenvalue weighted by atomic mass is 9.83. The van der Waals surface area contributed by atoms with Gasteiger partial charge >= 0.3 is 0 Å². The number of nitrogens with zero attached hydrogens (tertiary/aromatic N) is 4. The van der Waals surface area contributed by atoms with Crippen molar-refractivity contribution in [2.24, 2.45) is 0 Å². The standard InChI is InChI=1S/C88H56N4/c1-2-20-59-54-62(37-36-57(59)18-1)87-77-28-5-6-29-78(77)88(76-30-17-21-58-19-3-4-22-69(58)76)80-55-60(39-53-79(80)87)61-38-52-75-74-27-11-16-35-85(74)92(86(75)56-61)68-50-44-65(45-51-68)89(63-40-46-66(47-41-63)90-81-31-12-7-23-70(81)71-24-8-13-32-82(71)90)64-42-48-67(49-43-64)91-83-33-14-9-25-72(83)73-26-10-15-34-84(73)91/h1-56H. The second-order valence-electron chi connectivity index (χ2n) is 24.4. The Labute approximate surface area is 531 Å². The number of hydrogen-bond acceptors (Lipinski definition) is 1. The first-order chi connectivity index (χ1) is 45.6. The van der Waals surface area contributed by atoms with Crippen molar-refractivity contribution in [1.29, 1.82) is 0 Å². The molecule has 4 nitrogen and oxygen atoms in total. The Morgan fingerprint density at radius 2 is 0.533 bits per heavy atom. The van der Waals surface area contributed by atoms with Crippen LogP contribution in [-0.4, -0.2) is 13.7 Å². The van der Waals surface area contributed by atoms with Gasteiger partial charge in [0.15, 0.2) is 0 Å². The molecule has 19 rings (SSSR count). The summed E-state index contributed by atoms with van der Waals surface area (Å²) >= 11 is 0. The van der Waals surface area contributed by atoms with Gasteiger partial charge in [-0.05, 0) is 198 Å². The molecule has 0 radical (unpaired) electrons. The number of anilines is 3. The highest BCUT2D eigenvalue weighted by Gasteiger charge is 2.23. The highest BCUT2D eigenvalue weighted by Crippen LogP contribution is 2.48. The first kappa shape index (κ1) is 51.8. The third kappa shape index (κ3) is 8.04. The van der Waals surface area contributed by atoms with Crippen molar-refractivity contribution in [2.75, 3.05) is 4.90 Å². The van der Waals surface area contributed by atoms with Crippen molar-refractivity contribution in [3.63, 3.8) is 0 Å². The molecule has 0 saturated heterocycles. The highest BCUT2D eigenvalue weighted by molar-refractivity contribution is 6.25. The summed E-state index contributed by atoms with van der Waals surface area (Å²) in [6.07, 6.45) is 0. The SMILES string of the molecule is c1ccc2cc(-c3c4ccccc4c(-c4cccc5ccccc45)c4cc(-c5ccc6c7ccccc7n(-c7ccc(N(c8ccc(-n9c%10ccccc%10c%10ccccc%109)cc8)c8ccc(-n9c%10ccccc%10c%10ccccc%109)cc8)cc7)c6c5)ccc34)ccc2c1. The van der Waals surface area contributed by atoms with Gasteiger partial charge in [-0.3, -0.25) is 0 Å². The predicted octanol–water partition coefficient (Wildman–Crippen LogP) is 24.1. The fourth-order valence-corrected chi connectivity index (χ4v) is 15.3. The lowest BCUT2D eigenvalue weighted by Gasteiger charge is -2.26. The zero-order valence-corrected chi connectivity index (χ0v) is 50.1. The quantitative estimate of drug-likeness (QED) is 0.132. The number of rotatable bonds is 9. The molecule has 0 aliphatic carbocycles. The molecule has 0 amide bonds. The molecule has 0 N–H and O–H groups in total. The largest absolute Gasteiger partial charge is 0.310 e. The summed E-state index contributed by atoms with van der Waals surface area (Å²) in [7, 11) is 0. The molecule has 0 aliphatic heterocycles. The number of para-hydroxylation sites is 5. The van der Waals surface area contributed by atoms with E-state index in [2.05, 4.69) is 358 Å². The Bertz CT molecular complexity index is 5910. The molecule has 0 unspecified atom stereocenters. The minimum absolute atomic E-state index is 1.05. The van der Waals surface area contributed by atoms with Crippen molar-refractivity contribution >= 4 is 126 Å². The Hall–Kier alpha value is -12.2. The van der Waals surface area contributed by atoms with Crippen LogP contribution in [0.4, 0.5) is 17.1 Å². The maximum atomic E-state index is 2.46. The molecular formula is C88H56N4. The van der Waals surface area contributed by atoms with Gasteiger partial charge in [0, 0.05) is 66.4 Å². The van der Waals surface area contributed by atoms with Gasteiger partial charge in [-0.15, -0.1) is 0 Å². The van der Waals surface area contributed by atoms with E-state index in [-0.39, 0.29) is 0 Å². The predicted molar refractivity (Wildman–Crippen MR) is 390 cm³/mol. The van der Waals surface area contributed by atoms with Crippen LogP contribution in [0.15, 0.2) is 340 Å². The fraction of sp³-hybridized carbons (Fsp3) is 0. The van der Waals surface area contributed by atoms with Crippen LogP contribution in [0.3, 0.4) is 0 Å². The van der Waals surface area contributed by atoms with Crippen LogP contribution >= 0.6 is 0 Å². The van der Waals surface area contributed by atoms with E-state index in [1.807, 2.05) is 0 Å². The van der Waals surface area contributed by atoms with Gasteiger partial charge < -0.3 is 18.6 Å². The van der Waals surface area contributed by atoms with E-state index in [4.69, 9.17) is 0 Å². The lowest BCUT2D eigenvalue weighted by Crippen LogP contribution is -2.10. The number of benzene rings is 16. The minimum atomic E-state index is 1.05. The molecule has 3 aromatic heterocycles. The van der Waals surface area contributed by atoms with Crippen LogP contribution in [0.25, 0.3) is 159 Å². The highest BCUT2D eigenvalue weighted by atomic mass is 15.1. The molecule has 428 valence electrons. The molecule has 0 fully saturated rings. The fourth-order valence-electron chi connectivity index (χ4n) is 15.3. The maximum absolute atomic E-state index is 2.46. The van der Waals surface area contributed by atoms with Crippen molar-refractivity contribution in [3.05, 3.63) is 340 Å². The molecule has 3 heterocycles. The smallest absolute Gasteiger partial charge is 0.0547 e. The first-order valence-electron chi connectivity index (χ1n) is 31.7. The molecule has 0 spiro atoms. The summed E-state index contributed by atoms with van der Waals surface area (Å²) in [6, 6.07) is 126. The Kier molecular flexibility index (Phi) is 11.6. The molecular weight excluding hydrogens is 1110 g/mol. The summed E-state index contributed by atoms with van der Waals surface area (Å²) in [6.45, 7) is 0. The normalized spacial score (nSPS) is 11.9. The van der Waals surface area contributed by atoms with E-state index >= 15 is 0 Å². The molecule has 0 bridgehead atoms. The monoisotopic (exact) mass is 1170 g/mol. The second kappa shape index (κ2) is 20.7. The molecule has 0 atom stereocenters. The molecule has 0 saturated carbocycles. The topological polar surface area (TPSA) is 18.0 Å². The second-order valence-corrected chi connectivity index (χ2v) is 24.4. The zero-order valence-electron chi connectivity index (χ0n) is 50.1. The van der Waals surface area contributed by atoms with Gasteiger partial charge in [0.1, 0.15) is 0 Å². The molecule has 16 aromatic carbocycles. The van der Waals surface area contributed by atoms with Crippen LogP contribution in [0.5, 0.6) is 0 Å². The van der Waals surface area contributed by atoms with Crippen LogP contribution in [-0.2, 0) is 0 Å².